The molecule has 20 heavy (non-hydrogen) atoms. The normalized spacial score (nSPS) is 11.1. The van der Waals surface area contributed by atoms with E-state index in [0.29, 0.717) is 0 Å². The predicted octanol–water partition coefficient (Wildman–Crippen LogP) is 4.14. The molecule has 0 bridgehead atoms. The van der Waals surface area contributed by atoms with Crippen LogP contribution in [0.15, 0.2) is 29.6 Å². The first-order valence-electron chi connectivity index (χ1n) is 6.76. The molecular formula is C15H18N4S. The number of rotatable bonds is 4. The van der Waals surface area contributed by atoms with E-state index in [1.54, 1.807) is 11.3 Å². The summed E-state index contributed by atoms with van der Waals surface area (Å²) < 4.78 is 3.24. The van der Waals surface area contributed by atoms with Crippen LogP contribution in [0, 0.1) is 6.92 Å². The van der Waals surface area contributed by atoms with E-state index in [0.717, 1.165) is 35.9 Å². The lowest BCUT2D eigenvalue weighted by Crippen LogP contribution is -2.05. The molecule has 0 spiro atoms. The molecule has 0 radical (unpaired) electrons. The number of fused-ring (bicyclic) bond motifs is 1. The highest BCUT2D eigenvalue weighted by atomic mass is 32.1. The van der Waals surface area contributed by atoms with Crippen LogP contribution in [-0.2, 0) is 6.54 Å². The van der Waals surface area contributed by atoms with Gasteiger partial charge < -0.3 is 11.1 Å². The lowest BCUT2D eigenvalue weighted by atomic mass is 10.2. The third kappa shape index (κ3) is 2.25. The van der Waals surface area contributed by atoms with Gasteiger partial charge in [0.15, 0.2) is 5.82 Å². The summed E-state index contributed by atoms with van der Waals surface area (Å²) in [4.78, 5) is 0. The molecule has 3 rings (SSSR count). The second-order valence-electron chi connectivity index (χ2n) is 4.87. The molecule has 0 aliphatic heterocycles. The van der Waals surface area contributed by atoms with Gasteiger partial charge in [-0.2, -0.15) is 5.10 Å². The van der Waals surface area contributed by atoms with Gasteiger partial charge in [-0.3, -0.25) is 0 Å². The van der Waals surface area contributed by atoms with Gasteiger partial charge in [0.05, 0.1) is 11.4 Å². The number of nitrogen functional groups attached to an aromatic ring is 1. The number of benzene rings is 1. The van der Waals surface area contributed by atoms with Crippen LogP contribution in [0.4, 0.5) is 17.2 Å². The number of hydrogen-bond donors (Lipinski definition) is 2. The number of aryl methyl sites for hydroxylation is 2. The van der Waals surface area contributed by atoms with Gasteiger partial charge in [0, 0.05) is 16.9 Å². The quantitative estimate of drug-likeness (QED) is 0.757. The summed E-state index contributed by atoms with van der Waals surface area (Å²) in [5.74, 6) is 0.888. The van der Waals surface area contributed by atoms with Crippen molar-refractivity contribution in [1.82, 2.24) is 9.78 Å². The first kappa shape index (κ1) is 13.0. The summed E-state index contributed by atoms with van der Waals surface area (Å²) in [5.41, 5.74) is 8.77. The Hall–Kier alpha value is -2.01. The number of anilines is 3. The van der Waals surface area contributed by atoms with Crippen LogP contribution in [-0.4, -0.2) is 9.78 Å². The maximum absolute atomic E-state index is 6.13. The van der Waals surface area contributed by atoms with Gasteiger partial charge >= 0.3 is 0 Å². The lowest BCUT2D eigenvalue weighted by Gasteiger charge is -2.10. The van der Waals surface area contributed by atoms with E-state index in [9.17, 15) is 0 Å². The predicted molar refractivity (Wildman–Crippen MR) is 86.8 cm³/mol. The Kier molecular flexibility index (Phi) is 3.36. The molecule has 0 fully saturated rings. The van der Waals surface area contributed by atoms with E-state index in [4.69, 9.17) is 5.73 Å². The van der Waals surface area contributed by atoms with Crippen molar-refractivity contribution in [3.63, 3.8) is 0 Å². The number of aromatic nitrogens is 2. The molecule has 0 aliphatic rings. The van der Waals surface area contributed by atoms with Crippen molar-refractivity contribution in [2.75, 3.05) is 11.1 Å². The van der Waals surface area contributed by atoms with Crippen LogP contribution in [0.25, 0.3) is 10.1 Å². The lowest BCUT2D eigenvalue weighted by molar-refractivity contribution is 0.605. The van der Waals surface area contributed by atoms with Crippen molar-refractivity contribution >= 4 is 38.6 Å². The highest BCUT2D eigenvalue weighted by molar-refractivity contribution is 7.17. The van der Waals surface area contributed by atoms with Crippen LogP contribution in [0.5, 0.6) is 0 Å². The second-order valence-corrected chi connectivity index (χ2v) is 5.82. The molecule has 0 aliphatic carbocycles. The third-order valence-corrected chi connectivity index (χ3v) is 4.22. The molecule has 0 amide bonds. The largest absolute Gasteiger partial charge is 0.394 e. The Morgan fingerprint density at radius 3 is 3.00 bits per heavy atom. The Bertz CT molecular complexity index is 741. The molecule has 0 unspecified atom stereocenters. The third-order valence-electron chi connectivity index (χ3n) is 3.32. The maximum Gasteiger partial charge on any atom is 0.152 e. The number of hydrogen-bond acceptors (Lipinski definition) is 4. The summed E-state index contributed by atoms with van der Waals surface area (Å²) in [6, 6.07) is 8.48. The molecule has 0 atom stereocenters. The first-order chi connectivity index (χ1) is 9.69. The molecule has 4 nitrogen and oxygen atoms in total. The number of nitrogens with zero attached hydrogens (tertiary/aromatic N) is 2. The van der Waals surface area contributed by atoms with Crippen molar-refractivity contribution in [3.05, 3.63) is 35.3 Å². The Labute approximate surface area is 122 Å². The van der Waals surface area contributed by atoms with Crippen molar-refractivity contribution in [3.8, 4) is 0 Å². The van der Waals surface area contributed by atoms with Gasteiger partial charge in [-0.05, 0) is 48.4 Å². The summed E-state index contributed by atoms with van der Waals surface area (Å²) in [6.07, 6.45) is 1.03. The minimum absolute atomic E-state index is 0.726. The minimum atomic E-state index is 0.726. The minimum Gasteiger partial charge on any atom is -0.394 e. The van der Waals surface area contributed by atoms with Gasteiger partial charge in [0.1, 0.15) is 0 Å². The molecule has 2 aromatic heterocycles. The molecule has 1 aromatic carbocycles. The molecular weight excluding hydrogens is 268 g/mol. The first-order valence-corrected chi connectivity index (χ1v) is 7.64. The average Bonchev–Trinajstić information content (AvgIpc) is 2.99. The SMILES string of the molecule is CCCn1nc(C)c(N)c1Nc1ccc2sccc2c1. The Morgan fingerprint density at radius 2 is 2.20 bits per heavy atom. The van der Waals surface area contributed by atoms with E-state index in [2.05, 4.69) is 47.0 Å². The molecule has 0 saturated carbocycles. The van der Waals surface area contributed by atoms with Gasteiger partial charge in [-0.15, -0.1) is 11.3 Å². The van der Waals surface area contributed by atoms with Crippen molar-refractivity contribution in [2.45, 2.75) is 26.8 Å². The zero-order valence-corrected chi connectivity index (χ0v) is 12.5. The molecule has 104 valence electrons. The Morgan fingerprint density at radius 1 is 1.35 bits per heavy atom. The van der Waals surface area contributed by atoms with E-state index in [1.165, 1.54) is 10.1 Å². The molecule has 5 heteroatoms. The fourth-order valence-electron chi connectivity index (χ4n) is 2.28. The summed E-state index contributed by atoms with van der Waals surface area (Å²) >= 11 is 1.75. The van der Waals surface area contributed by atoms with Crippen LogP contribution in [0.1, 0.15) is 19.0 Å². The van der Waals surface area contributed by atoms with Crippen molar-refractivity contribution in [1.29, 1.82) is 0 Å². The van der Waals surface area contributed by atoms with E-state index in [-0.39, 0.29) is 0 Å². The monoisotopic (exact) mass is 286 g/mol. The molecule has 2 heterocycles. The highest BCUT2D eigenvalue weighted by Gasteiger charge is 2.12. The topological polar surface area (TPSA) is 55.9 Å². The summed E-state index contributed by atoms with van der Waals surface area (Å²) in [7, 11) is 0. The average molecular weight is 286 g/mol. The van der Waals surface area contributed by atoms with Crippen LogP contribution >= 0.6 is 11.3 Å². The van der Waals surface area contributed by atoms with Gasteiger partial charge in [-0.1, -0.05) is 6.92 Å². The summed E-state index contributed by atoms with van der Waals surface area (Å²) in [6.45, 7) is 4.93. The molecule has 3 N–H and O–H groups in total. The Balaban J connectivity index is 1.97. The highest BCUT2D eigenvalue weighted by Crippen LogP contribution is 2.29. The smallest absolute Gasteiger partial charge is 0.152 e. The fraction of sp³-hybridized carbons (Fsp3) is 0.267. The van der Waals surface area contributed by atoms with Gasteiger partial charge in [-0.25, -0.2) is 4.68 Å². The van der Waals surface area contributed by atoms with Crippen LogP contribution in [0.2, 0.25) is 0 Å². The van der Waals surface area contributed by atoms with Gasteiger partial charge in [0.2, 0.25) is 0 Å². The molecule has 0 saturated heterocycles. The summed E-state index contributed by atoms with van der Waals surface area (Å²) in [5, 5.41) is 11.2. The van der Waals surface area contributed by atoms with Crippen LogP contribution < -0.4 is 11.1 Å². The van der Waals surface area contributed by atoms with Crippen LogP contribution in [0.3, 0.4) is 0 Å². The van der Waals surface area contributed by atoms with Crippen molar-refractivity contribution < 1.29 is 0 Å². The molecule has 3 aromatic rings. The maximum atomic E-state index is 6.13. The fourth-order valence-corrected chi connectivity index (χ4v) is 3.05. The number of thiophene rings is 1. The second kappa shape index (κ2) is 5.17. The number of nitrogens with one attached hydrogen (secondary N) is 1. The number of nitrogens with two attached hydrogens (primary N) is 1. The van der Waals surface area contributed by atoms with E-state index < -0.39 is 0 Å². The zero-order valence-electron chi connectivity index (χ0n) is 11.7. The van der Waals surface area contributed by atoms with E-state index >= 15 is 0 Å². The zero-order chi connectivity index (χ0) is 14.1. The van der Waals surface area contributed by atoms with Gasteiger partial charge in [0.25, 0.3) is 0 Å². The van der Waals surface area contributed by atoms with E-state index in [1.807, 2.05) is 11.6 Å². The van der Waals surface area contributed by atoms with Crippen molar-refractivity contribution in [2.24, 2.45) is 0 Å². The standard InChI is InChI=1S/C15H18N4S/c1-3-7-19-15(14(16)10(2)18-19)17-12-4-5-13-11(9-12)6-8-20-13/h4-6,8-9,17H,3,7,16H2,1-2H3.